The van der Waals surface area contributed by atoms with E-state index < -0.39 is 11.4 Å². The Bertz CT molecular complexity index is 72.2. The van der Waals surface area contributed by atoms with Crippen LogP contribution in [0.1, 0.15) is 6.92 Å². The molecule has 0 aliphatic carbocycles. The third-order valence-corrected chi connectivity index (χ3v) is 0.418. The molecule has 0 rings (SSSR count). The van der Waals surface area contributed by atoms with Crippen molar-refractivity contribution in [1.82, 2.24) is 5.32 Å². The van der Waals surface area contributed by atoms with Gasteiger partial charge in [-0.05, 0) is 14.0 Å². The summed E-state index contributed by atoms with van der Waals surface area (Å²) in [6.45, 7) is 1.67. The van der Waals surface area contributed by atoms with Gasteiger partial charge < -0.3 is 5.11 Å². The zero-order valence-corrected chi connectivity index (χ0v) is 6.05. The predicted octanol–water partition coefficient (Wildman–Crippen LogP) is -0.775. The number of nitrogens with one attached hydrogen (secondary N) is 1. The van der Waals surface area contributed by atoms with E-state index in [2.05, 4.69) is 5.32 Å². The zero-order chi connectivity index (χ0) is 7.86. The monoisotopic (exact) mass is 157 g/mol. The Morgan fingerprint density at radius 3 is 1.67 bits per heavy atom. The third-order valence-electron chi connectivity index (χ3n) is 0.418. The molecule has 6 heteroatoms. The number of hydrogen-bond acceptors (Lipinski definition) is 3. The molecule has 0 aromatic rings. The molecule has 0 spiro atoms. The molecule has 1 atom stereocenters. The van der Waals surface area contributed by atoms with Crippen LogP contribution in [0.15, 0.2) is 0 Å². The van der Waals surface area contributed by atoms with Crippen molar-refractivity contribution in [3.63, 3.8) is 0 Å². The molecule has 0 saturated carbocycles. The second-order valence-corrected chi connectivity index (χ2v) is 1.66. The second kappa shape index (κ2) is 7.99. The lowest BCUT2D eigenvalue weighted by molar-refractivity contribution is 0.167. The van der Waals surface area contributed by atoms with Gasteiger partial charge in [0, 0.05) is 0 Å². The highest BCUT2D eigenvalue weighted by Crippen LogP contribution is 1.59. The Balaban J connectivity index is 0. The number of aliphatic hydroxyl groups is 1. The maximum absolute atomic E-state index is 8.67. The fourth-order valence-corrected chi connectivity index (χ4v) is 0. The average Bonchev–Trinajstić information content (AvgIpc) is 1.65. The molecule has 1 unspecified atom stereocenters. The van der Waals surface area contributed by atoms with Gasteiger partial charge in [-0.15, -0.1) is 0 Å². The molecular weight excluding hydrogens is 146 g/mol. The number of rotatable bonds is 1. The van der Waals surface area contributed by atoms with Crippen LogP contribution in [-0.4, -0.2) is 31.7 Å². The van der Waals surface area contributed by atoms with Crippen molar-refractivity contribution in [1.29, 1.82) is 0 Å². The Morgan fingerprint density at radius 2 is 1.67 bits per heavy atom. The molecule has 0 radical (unpaired) electrons. The van der Waals surface area contributed by atoms with Crippen molar-refractivity contribution >= 4 is 11.4 Å². The van der Waals surface area contributed by atoms with Crippen molar-refractivity contribution in [2.24, 2.45) is 0 Å². The van der Waals surface area contributed by atoms with Crippen LogP contribution in [0.2, 0.25) is 0 Å². The van der Waals surface area contributed by atoms with E-state index in [-0.39, 0.29) is 6.23 Å². The highest BCUT2D eigenvalue weighted by atomic mass is 32.2. The number of hydrogen-bond donors (Lipinski definition) is 4. The first-order chi connectivity index (χ1) is 4.00. The van der Waals surface area contributed by atoms with Crippen molar-refractivity contribution in [2.75, 3.05) is 7.05 Å². The van der Waals surface area contributed by atoms with Crippen molar-refractivity contribution < 1.29 is 18.4 Å². The lowest BCUT2D eigenvalue weighted by Crippen LogP contribution is -2.19. The summed E-state index contributed by atoms with van der Waals surface area (Å²) in [7, 11) is 1.70. The molecule has 4 N–H and O–H groups in total. The molecule has 0 saturated heterocycles. The summed E-state index contributed by atoms with van der Waals surface area (Å²) in [4.78, 5) is 0. The normalized spacial score (nSPS) is 12.2. The molecular formula is C3H11NO4S. The van der Waals surface area contributed by atoms with Crippen LogP contribution in [0.3, 0.4) is 0 Å². The summed E-state index contributed by atoms with van der Waals surface area (Å²) < 4.78 is 22.8. The molecule has 9 heavy (non-hydrogen) atoms. The van der Waals surface area contributed by atoms with Gasteiger partial charge in [0.05, 0.1) is 0 Å². The van der Waals surface area contributed by atoms with E-state index in [0.29, 0.717) is 0 Å². The van der Waals surface area contributed by atoms with Gasteiger partial charge in [0.25, 0.3) is 11.4 Å². The molecule has 0 aliphatic rings. The molecule has 0 bridgehead atoms. The van der Waals surface area contributed by atoms with Gasteiger partial charge in [-0.3, -0.25) is 14.4 Å². The first-order valence-electron chi connectivity index (χ1n) is 2.16. The van der Waals surface area contributed by atoms with E-state index in [0.717, 1.165) is 0 Å². The first-order valence-corrected chi connectivity index (χ1v) is 3.22. The summed E-state index contributed by atoms with van der Waals surface area (Å²) in [5.41, 5.74) is 0. The highest BCUT2D eigenvalue weighted by Gasteiger charge is 1.78. The quantitative estimate of drug-likeness (QED) is 0.296. The Kier molecular flexibility index (Phi) is 10.4. The Labute approximate surface area is 56.2 Å². The molecule has 58 valence electrons. The van der Waals surface area contributed by atoms with Gasteiger partial charge in [-0.1, -0.05) is 0 Å². The minimum atomic E-state index is -2.61. The largest absolute Gasteiger partial charge is 0.379 e. The zero-order valence-electron chi connectivity index (χ0n) is 5.24. The summed E-state index contributed by atoms with van der Waals surface area (Å²) in [5, 5.41) is 10.8. The van der Waals surface area contributed by atoms with Crippen LogP contribution >= 0.6 is 0 Å². The summed E-state index contributed by atoms with van der Waals surface area (Å²) in [5.74, 6) is 0. The van der Waals surface area contributed by atoms with Crippen LogP contribution in [0, 0.1) is 0 Å². The lowest BCUT2D eigenvalue weighted by Gasteiger charge is -1.94. The fourth-order valence-electron chi connectivity index (χ4n) is 0. The van der Waals surface area contributed by atoms with Gasteiger partial charge in [0.15, 0.2) is 0 Å². The van der Waals surface area contributed by atoms with E-state index in [1.165, 1.54) is 0 Å². The number of aliphatic hydroxyl groups excluding tert-OH is 1. The van der Waals surface area contributed by atoms with E-state index in [1.54, 1.807) is 14.0 Å². The van der Waals surface area contributed by atoms with Crippen LogP contribution in [-0.2, 0) is 11.4 Å². The summed E-state index contributed by atoms with van der Waals surface area (Å²) >= 11 is -2.61. The van der Waals surface area contributed by atoms with Crippen LogP contribution in [0.25, 0.3) is 0 Å². The van der Waals surface area contributed by atoms with E-state index in [1.807, 2.05) is 0 Å². The van der Waals surface area contributed by atoms with Crippen molar-refractivity contribution in [3.05, 3.63) is 0 Å². The van der Waals surface area contributed by atoms with Gasteiger partial charge in [-0.2, -0.15) is 4.21 Å². The molecule has 5 nitrogen and oxygen atoms in total. The second-order valence-electron chi connectivity index (χ2n) is 1.20. The molecule has 0 amide bonds. The topological polar surface area (TPSA) is 89.8 Å². The van der Waals surface area contributed by atoms with Gasteiger partial charge in [0.1, 0.15) is 6.23 Å². The first kappa shape index (κ1) is 11.7. The summed E-state index contributed by atoms with van der Waals surface area (Å²) in [6, 6.07) is 0. The fraction of sp³-hybridized carbons (Fsp3) is 1.00. The maximum atomic E-state index is 8.67. The van der Waals surface area contributed by atoms with Gasteiger partial charge in [0.2, 0.25) is 0 Å². The van der Waals surface area contributed by atoms with Crippen molar-refractivity contribution in [3.8, 4) is 0 Å². The van der Waals surface area contributed by atoms with Crippen LogP contribution in [0.5, 0.6) is 0 Å². The Hall–Kier alpha value is -0.0100. The smallest absolute Gasteiger partial charge is 0.299 e. The Morgan fingerprint density at radius 1 is 1.56 bits per heavy atom. The van der Waals surface area contributed by atoms with Crippen LogP contribution < -0.4 is 5.32 Å². The van der Waals surface area contributed by atoms with Crippen molar-refractivity contribution in [2.45, 2.75) is 13.2 Å². The maximum Gasteiger partial charge on any atom is 0.299 e. The lowest BCUT2D eigenvalue weighted by atomic mass is 10.7. The van der Waals surface area contributed by atoms with Crippen LogP contribution in [0.4, 0.5) is 0 Å². The highest BCUT2D eigenvalue weighted by molar-refractivity contribution is 7.73. The SMILES string of the molecule is CNC(C)O.O=S(O)O. The standard InChI is InChI=1S/C3H9NO.H2O3S/c1-3(5)4-2;1-4(2)3/h3-5H,1-2H3;(H2,1,2,3). The van der Waals surface area contributed by atoms with E-state index >= 15 is 0 Å². The third kappa shape index (κ3) is 72.4. The van der Waals surface area contributed by atoms with E-state index in [4.69, 9.17) is 18.4 Å². The van der Waals surface area contributed by atoms with Gasteiger partial charge in [-0.25, -0.2) is 0 Å². The summed E-state index contributed by atoms with van der Waals surface area (Å²) in [6.07, 6.45) is -0.366. The average molecular weight is 157 g/mol. The van der Waals surface area contributed by atoms with E-state index in [9.17, 15) is 0 Å². The molecule has 0 aromatic carbocycles. The molecule has 0 heterocycles. The minimum Gasteiger partial charge on any atom is -0.379 e. The van der Waals surface area contributed by atoms with Gasteiger partial charge >= 0.3 is 0 Å². The molecule has 0 aromatic heterocycles. The predicted molar refractivity (Wildman–Crippen MR) is 34.1 cm³/mol. The molecule has 0 aliphatic heterocycles. The molecule has 0 fully saturated rings. The minimum absolute atomic E-state index is 0.366.